The number of para-hydroxylation sites is 1. The third-order valence-electron chi connectivity index (χ3n) is 3.19. The van der Waals surface area contributed by atoms with E-state index in [4.69, 9.17) is 5.73 Å². The van der Waals surface area contributed by atoms with Gasteiger partial charge in [0.2, 0.25) is 5.95 Å². The van der Waals surface area contributed by atoms with Crippen molar-refractivity contribution in [2.24, 2.45) is 0 Å². The second-order valence-corrected chi connectivity index (χ2v) is 4.64. The van der Waals surface area contributed by atoms with Gasteiger partial charge in [-0.1, -0.05) is 36.4 Å². The molecule has 2 aromatic carbocycles. The van der Waals surface area contributed by atoms with Gasteiger partial charge in [-0.15, -0.1) is 0 Å². The molecule has 0 fully saturated rings. The first kappa shape index (κ1) is 13.6. The Hall–Kier alpha value is -3.39. The van der Waals surface area contributed by atoms with Crippen LogP contribution in [0.2, 0.25) is 0 Å². The van der Waals surface area contributed by atoms with Gasteiger partial charge in [0.15, 0.2) is 0 Å². The first-order valence-corrected chi connectivity index (χ1v) is 6.72. The smallest absolute Gasteiger partial charge is 0.229 e. The summed E-state index contributed by atoms with van der Waals surface area (Å²) >= 11 is 0. The zero-order chi connectivity index (χ0) is 15.4. The van der Waals surface area contributed by atoms with Gasteiger partial charge in [-0.2, -0.15) is 10.2 Å². The van der Waals surface area contributed by atoms with Crippen LogP contribution < -0.4 is 11.1 Å². The summed E-state index contributed by atoms with van der Waals surface area (Å²) in [6, 6.07) is 19.0. The minimum Gasteiger partial charge on any atom is -0.383 e. The maximum absolute atomic E-state index is 9.18. The first-order valence-electron chi connectivity index (χ1n) is 6.72. The lowest BCUT2D eigenvalue weighted by atomic mass is 10.0. The standard InChI is InChI=1S/C17H13N5/c18-10-12-6-4-5-9-14(12)15-11-20-17(22-16(15)19)21-13-7-2-1-3-8-13/h1-9,11H,(H3,19,20,21,22). The Morgan fingerprint density at radius 3 is 2.41 bits per heavy atom. The molecular formula is C17H13N5. The number of benzene rings is 2. The highest BCUT2D eigenvalue weighted by molar-refractivity contribution is 5.78. The van der Waals surface area contributed by atoms with E-state index in [-0.39, 0.29) is 0 Å². The number of nitrogens with one attached hydrogen (secondary N) is 1. The van der Waals surface area contributed by atoms with Crippen LogP contribution in [-0.4, -0.2) is 9.97 Å². The molecule has 3 aromatic rings. The normalized spacial score (nSPS) is 9.95. The molecule has 1 aromatic heterocycles. The van der Waals surface area contributed by atoms with E-state index in [9.17, 15) is 5.26 Å². The maximum Gasteiger partial charge on any atom is 0.229 e. The topological polar surface area (TPSA) is 87.6 Å². The van der Waals surface area contributed by atoms with Crippen molar-refractivity contribution < 1.29 is 0 Å². The van der Waals surface area contributed by atoms with E-state index in [0.29, 0.717) is 22.9 Å². The Bertz CT molecular complexity index is 837. The van der Waals surface area contributed by atoms with Crippen LogP contribution in [-0.2, 0) is 0 Å². The molecule has 106 valence electrons. The lowest BCUT2D eigenvalue weighted by molar-refractivity contribution is 1.17. The molecule has 0 aliphatic carbocycles. The van der Waals surface area contributed by atoms with Crippen molar-refractivity contribution in [2.45, 2.75) is 0 Å². The summed E-state index contributed by atoms with van der Waals surface area (Å²) < 4.78 is 0. The molecule has 22 heavy (non-hydrogen) atoms. The number of rotatable bonds is 3. The van der Waals surface area contributed by atoms with E-state index >= 15 is 0 Å². The van der Waals surface area contributed by atoms with Gasteiger partial charge in [-0.05, 0) is 18.2 Å². The Morgan fingerprint density at radius 1 is 0.955 bits per heavy atom. The zero-order valence-electron chi connectivity index (χ0n) is 11.7. The molecule has 0 saturated heterocycles. The number of anilines is 3. The molecule has 3 rings (SSSR count). The van der Waals surface area contributed by atoms with Gasteiger partial charge in [0.25, 0.3) is 0 Å². The average molecular weight is 287 g/mol. The molecule has 0 saturated carbocycles. The summed E-state index contributed by atoms with van der Waals surface area (Å²) in [5.41, 5.74) is 8.83. The molecule has 5 heteroatoms. The van der Waals surface area contributed by atoms with Crippen molar-refractivity contribution in [2.75, 3.05) is 11.1 Å². The molecule has 0 aliphatic rings. The highest BCUT2D eigenvalue weighted by Crippen LogP contribution is 2.27. The van der Waals surface area contributed by atoms with E-state index in [1.54, 1.807) is 12.3 Å². The third-order valence-corrected chi connectivity index (χ3v) is 3.19. The van der Waals surface area contributed by atoms with Gasteiger partial charge in [-0.25, -0.2) is 4.98 Å². The minimum atomic E-state index is 0.330. The van der Waals surface area contributed by atoms with Crippen molar-refractivity contribution in [3.63, 3.8) is 0 Å². The molecule has 0 bridgehead atoms. The summed E-state index contributed by atoms with van der Waals surface area (Å²) in [4.78, 5) is 8.54. The molecule has 1 heterocycles. The average Bonchev–Trinajstić information content (AvgIpc) is 2.56. The van der Waals surface area contributed by atoms with Crippen LogP contribution in [0.15, 0.2) is 60.8 Å². The molecule has 5 nitrogen and oxygen atoms in total. The predicted octanol–water partition coefficient (Wildman–Crippen LogP) is 3.34. The van der Waals surface area contributed by atoms with Crippen LogP contribution in [0.5, 0.6) is 0 Å². The summed E-state index contributed by atoms with van der Waals surface area (Å²) in [7, 11) is 0. The fourth-order valence-corrected chi connectivity index (χ4v) is 2.13. The number of nitrogens with zero attached hydrogens (tertiary/aromatic N) is 3. The quantitative estimate of drug-likeness (QED) is 0.771. The van der Waals surface area contributed by atoms with Crippen LogP contribution in [0, 0.1) is 11.3 Å². The summed E-state index contributed by atoms with van der Waals surface area (Å²) in [5.74, 6) is 0.748. The van der Waals surface area contributed by atoms with Crippen molar-refractivity contribution in [3.05, 3.63) is 66.4 Å². The Labute approximate surface area is 128 Å². The molecule has 0 unspecified atom stereocenters. The monoisotopic (exact) mass is 287 g/mol. The second-order valence-electron chi connectivity index (χ2n) is 4.64. The van der Waals surface area contributed by atoms with E-state index in [2.05, 4.69) is 21.4 Å². The Balaban J connectivity index is 1.95. The van der Waals surface area contributed by atoms with Crippen LogP contribution in [0.3, 0.4) is 0 Å². The second kappa shape index (κ2) is 5.94. The van der Waals surface area contributed by atoms with Gasteiger partial charge in [0.05, 0.1) is 11.6 Å². The number of hydrogen-bond donors (Lipinski definition) is 2. The SMILES string of the molecule is N#Cc1ccccc1-c1cnc(Nc2ccccc2)nc1N. The fourth-order valence-electron chi connectivity index (χ4n) is 2.13. The van der Waals surface area contributed by atoms with Crippen LogP contribution >= 0.6 is 0 Å². The highest BCUT2D eigenvalue weighted by Gasteiger charge is 2.10. The van der Waals surface area contributed by atoms with Gasteiger partial charge in [-0.3, -0.25) is 0 Å². The van der Waals surface area contributed by atoms with Gasteiger partial charge in [0, 0.05) is 23.0 Å². The van der Waals surface area contributed by atoms with Gasteiger partial charge >= 0.3 is 0 Å². The van der Waals surface area contributed by atoms with E-state index < -0.39 is 0 Å². The van der Waals surface area contributed by atoms with Crippen molar-refractivity contribution in [1.29, 1.82) is 5.26 Å². The van der Waals surface area contributed by atoms with Crippen molar-refractivity contribution >= 4 is 17.5 Å². The van der Waals surface area contributed by atoms with Crippen LogP contribution in [0.1, 0.15) is 5.56 Å². The van der Waals surface area contributed by atoms with E-state index in [1.165, 1.54) is 0 Å². The predicted molar refractivity (Wildman–Crippen MR) is 86.3 cm³/mol. The van der Waals surface area contributed by atoms with Crippen molar-refractivity contribution in [1.82, 2.24) is 9.97 Å². The molecule has 0 aliphatic heterocycles. The number of hydrogen-bond acceptors (Lipinski definition) is 5. The minimum absolute atomic E-state index is 0.330. The van der Waals surface area contributed by atoms with Crippen LogP contribution in [0.4, 0.5) is 17.5 Å². The van der Waals surface area contributed by atoms with Crippen LogP contribution in [0.25, 0.3) is 11.1 Å². The summed E-state index contributed by atoms with van der Waals surface area (Å²) in [6.45, 7) is 0. The lowest BCUT2D eigenvalue weighted by Crippen LogP contribution is -2.02. The highest BCUT2D eigenvalue weighted by atomic mass is 15.1. The number of aromatic nitrogens is 2. The molecule has 0 atom stereocenters. The Morgan fingerprint density at radius 2 is 1.68 bits per heavy atom. The number of nitrogens with two attached hydrogens (primary N) is 1. The van der Waals surface area contributed by atoms with Crippen molar-refractivity contribution in [3.8, 4) is 17.2 Å². The van der Waals surface area contributed by atoms with E-state index in [0.717, 1.165) is 11.3 Å². The lowest BCUT2D eigenvalue weighted by Gasteiger charge is -2.09. The van der Waals surface area contributed by atoms with E-state index in [1.807, 2.05) is 48.5 Å². The molecular weight excluding hydrogens is 274 g/mol. The molecule has 0 radical (unpaired) electrons. The molecule has 0 spiro atoms. The number of nitrogen functional groups attached to an aromatic ring is 1. The largest absolute Gasteiger partial charge is 0.383 e. The zero-order valence-corrected chi connectivity index (χ0v) is 11.7. The summed E-state index contributed by atoms with van der Waals surface area (Å²) in [5, 5.41) is 12.3. The number of nitriles is 1. The molecule has 3 N–H and O–H groups in total. The molecule has 0 amide bonds. The van der Waals surface area contributed by atoms with Gasteiger partial charge in [0.1, 0.15) is 5.82 Å². The maximum atomic E-state index is 9.18. The first-order chi connectivity index (χ1) is 10.8. The summed E-state index contributed by atoms with van der Waals surface area (Å²) in [6.07, 6.45) is 1.63. The third kappa shape index (κ3) is 2.72. The Kier molecular flexibility index (Phi) is 3.67. The van der Waals surface area contributed by atoms with Gasteiger partial charge < -0.3 is 11.1 Å². The fraction of sp³-hybridized carbons (Fsp3) is 0.